The SMILES string of the molecule is CCN(CC)C(=O)CC[C@H]1CNC(=O)[C@@H]2[C@@H](CCN2Cc2csnn2)N1C. The van der Waals surface area contributed by atoms with Gasteiger partial charge in [0.2, 0.25) is 11.8 Å². The minimum atomic E-state index is -0.166. The Morgan fingerprint density at radius 2 is 2.19 bits per heavy atom. The van der Waals surface area contributed by atoms with Crippen LogP contribution < -0.4 is 5.32 Å². The number of rotatable bonds is 7. The lowest BCUT2D eigenvalue weighted by Crippen LogP contribution is -2.49. The Kier molecular flexibility index (Phi) is 6.78. The minimum absolute atomic E-state index is 0.0881. The molecule has 0 spiro atoms. The quantitative estimate of drug-likeness (QED) is 0.728. The Bertz CT molecular complexity index is 636. The number of aromatic nitrogens is 2. The highest BCUT2D eigenvalue weighted by Gasteiger charge is 2.45. The van der Waals surface area contributed by atoms with Gasteiger partial charge in [-0.05, 0) is 45.3 Å². The summed E-state index contributed by atoms with van der Waals surface area (Å²) in [5.41, 5.74) is 0.918. The van der Waals surface area contributed by atoms with E-state index >= 15 is 0 Å². The molecule has 0 unspecified atom stereocenters. The van der Waals surface area contributed by atoms with Gasteiger partial charge in [0, 0.05) is 56.6 Å². The number of nitrogens with one attached hydrogen (secondary N) is 1. The molecule has 1 N–H and O–H groups in total. The monoisotopic (exact) mass is 394 g/mol. The molecule has 1 aromatic rings. The number of hydrogen-bond donors (Lipinski definition) is 1. The molecule has 3 heterocycles. The molecule has 3 atom stereocenters. The number of fused-ring (bicyclic) bond motifs is 1. The molecule has 2 aliphatic rings. The number of likely N-dealkylation sites (tertiary alicyclic amines) is 1. The number of likely N-dealkylation sites (N-methyl/N-ethyl adjacent to an activating group) is 1. The molecule has 9 heteroatoms. The molecule has 150 valence electrons. The Balaban J connectivity index is 1.63. The van der Waals surface area contributed by atoms with E-state index in [0.29, 0.717) is 19.5 Å². The van der Waals surface area contributed by atoms with E-state index in [2.05, 4.69) is 31.8 Å². The van der Waals surface area contributed by atoms with E-state index in [1.807, 2.05) is 24.1 Å². The summed E-state index contributed by atoms with van der Waals surface area (Å²) in [5, 5.41) is 9.16. The van der Waals surface area contributed by atoms with Gasteiger partial charge in [-0.15, -0.1) is 5.10 Å². The van der Waals surface area contributed by atoms with E-state index in [1.54, 1.807) is 0 Å². The fraction of sp³-hybridized carbons (Fsp3) is 0.778. The van der Waals surface area contributed by atoms with Crippen LogP contribution in [0.15, 0.2) is 5.38 Å². The van der Waals surface area contributed by atoms with Crippen LogP contribution in [-0.4, -0.2) is 87.5 Å². The van der Waals surface area contributed by atoms with E-state index in [4.69, 9.17) is 0 Å². The molecule has 1 aromatic heterocycles. The molecule has 2 amide bonds. The first-order valence-corrected chi connectivity index (χ1v) is 10.7. The molecule has 0 aliphatic carbocycles. The normalized spacial score (nSPS) is 26.5. The molecule has 27 heavy (non-hydrogen) atoms. The molecule has 2 saturated heterocycles. The molecular formula is C18H30N6O2S. The predicted molar refractivity (Wildman–Crippen MR) is 104 cm³/mol. The van der Waals surface area contributed by atoms with Crippen LogP contribution in [0, 0.1) is 0 Å². The molecule has 8 nitrogen and oxygen atoms in total. The number of hydrogen-bond acceptors (Lipinski definition) is 7. The maximum Gasteiger partial charge on any atom is 0.239 e. The summed E-state index contributed by atoms with van der Waals surface area (Å²) in [5.74, 6) is 0.287. The second-order valence-electron chi connectivity index (χ2n) is 7.34. The summed E-state index contributed by atoms with van der Waals surface area (Å²) >= 11 is 1.34. The summed E-state index contributed by atoms with van der Waals surface area (Å²) in [6.45, 7) is 7.64. The highest BCUT2D eigenvalue weighted by Crippen LogP contribution is 2.28. The van der Waals surface area contributed by atoms with Crippen molar-refractivity contribution in [2.24, 2.45) is 0 Å². The predicted octanol–water partition coefficient (Wildman–Crippen LogP) is 0.560. The highest BCUT2D eigenvalue weighted by atomic mass is 32.1. The third kappa shape index (κ3) is 4.47. The molecule has 2 fully saturated rings. The van der Waals surface area contributed by atoms with Gasteiger partial charge in [0.05, 0.1) is 5.69 Å². The van der Waals surface area contributed by atoms with Crippen LogP contribution in [0.2, 0.25) is 0 Å². The topological polar surface area (TPSA) is 81.7 Å². The molecule has 0 radical (unpaired) electrons. The van der Waals surface area contributed by atoms with Gasteiger partial charge in [-0.1, -0.05) is 4.49 Å². The highest BCUT2D eigenvalue weighted by molar-refractivity contribution is 7.03. The average molecular weight is 395 g/mol. The van der Waals surface area contributed by atoms with Crippen molar-refractivity contribution >= 4 is 23.3 Å². The fourth-order valence-electron chi connectivity index (χ4n) is 4.31. The third-order valence-electron chi connectivity index (χ3n) is 5.93. The van der Waals surface area contributed by atoms with Gasteiger partial charge in [0.25, 0.3) is 0 Å². The van der Waals surface area contributed by atoms with Crippen molar-refractivity contribution in [3.05, 3.63) is 11.1 Å². The van der Waals surface area contributed by atoms with Crippen molar-refractivity contribution in [3.8, 4) is 0 Å². The number of carbonyl (C=O) groups is 2. The van der Waals surface area contributed by atoms with Gasteiger partial charge in [-0.25, -0.2) is 0 Å². The smallest absolute Gasteiger partial charge is 0.239 e. The fourth-order valence-corrected chi connectivity index (χ4v) is 4.75. The van der Waals surface area contributed by atoms with E-state index in [-0.39, 0.29) is 29.9 Å². The Hall–Kier alpha value is -1.58. The lowest BCUT2D eigenvalue weighted by molar-refractivity contribution is -0.131. The average Bonchev–Trinajstić information content (AvgIpc) is 3.30. The second kappa shape index (κ2) is 9.07. The van der Waals surface area contributed by atoms with Crippen LogP contribution in [0.4, 0.5) is 0 Å². The van der Waals surface area contributed by atoms with Crippen molar-refractivity contribution < 1.29 is 9.59 Å². The van der Waals surface area contributed by atoms with Crippen LogP contribution in [0.3, 0.4) is 0 Å². The summed E-state index contributed by atoms with van der Waals surface area (Å²) in [7, 11) is 2.10. The van der Waals surface area contributed by atoms with E-state index in [1.165, 1.54) is 11.5 Å². The second-order valence-corrected chi connectivity index (χ2v) is 7.95. The van der Waals surface area contributed by atoms with Crippen molar-refractivity contribution in [2.45, 2.75) is 57.8 Å². The maximum atomic E-state index is 12.8. The van der Waals surface area contributed by atoms with Gasteiger partial charge >= 0.3 is 0 Å². The Morgan fingerprint density at radius 1 is 1.41 bits per heavy atom. The Labute approximate surface area is 165 Å². The van der Waals surface area contributed by atoms with Crippen LogP contribution in [0.5, 0.6) is 0 Å². The zero-order valence-electron chi connectivity index (χ0n) is 16.4. The minimum Gasteiger partial charge on any atom is -0.353 e. The molecule has 0 bridgehead atoms. The van der Waals surface area contributed by atoms with Crippen LogP contribution >= 0.6 is 11.5 Å². The molecule has 0 aromatic carbocycles. The summed E-state index contributed by atoms with van der Waals surface area (Å²) in [6.07, 6.45) is 2.25. The van der Waals surface area contributed by atoms with Gasteiger partial charge in [-0.2, -0.15) is 0 Å². The van der Waals surface area contributed by atoms with E-state index < -0.39 is 0 Å². The van der Waals surface area contributed by atoms with Crippen molar-refractivity contribution in [2.75, 3.05) is 33.2 Å². The summed E-state index contributed by atoms with van der Waals surface area (Å²) in [4.78, 5) is 31.5. The Morgan fingerprint density at radius 3 is 2.85 bits per heavy atom. The van der Waals surface area contributed by atoms with Crippen LogP contribution in [-0.2, 0) is 16.1 Å². The van der Waals surface area contributed by atoms with Gasteiger partial charge < -0.3 is 10.2 Å². The number of nitrogens with zero attached hydrogens (tertiary/aromatic N) is 5. The van der Waals surface area contributed by atoms with Gasteiger partial charge in [0.1, 0.15) is 6.04 Å². The molecular weight excluding hydrogens is 364 g/mol. The van der Waals surface area contributed by atoms with E-state index in [0.717, 1.165) is 38.2 Å². The van der Waals surface area contributed by atoms with E-state index in [9.17, 15) is 9.59 Å². The van der Waals surface area contributed by atoms with Crippen LogP contribution in [0.25, 0.3) is 0 Å². The summed E-state index contributed by atoms with van der Waals surface area (Å²) < 4.78 is 3.92. The lowest BCUT2D eigenvalue weighted by Gasteiger charge is -2.33. The third-order valence-corrected chi connectivity index (χ3v) is 6.48. The zero-order valence-corrected chi connectivity index (χ0v) is 17.2. The largest absolute Gasteiger partial charge is 0.353 e. The first-order chi connectivity index (χ1) is 13.0. The van der Waals surface area contributed by atoms with Crippen molar-refractivity contribution in [1.29, 1.82) is 0 Å². The van der Waals surface area contributed by atoms with Crippen molar-refractivity contribution in [3.63, 3.8) is 0 Å². The maximum absolute atomic E-state index is 12.8. The van der Waals surface area contributed by atoms with Gasteiger partial charge in [0.15, 0.2) is 0 Å². The molecule has 2 aliphatic heterocycles. The van der Waals surface area contributed by atoms with Crippen molar-refractivity contribution in [1.82, 2.24) is 29.6 Å². The first-order valence-electron chi connectivity index (χ1n) is 9.82. The summed E-state index contributed by atoms with van der Waals surface area (Å²) in [6, 6.07) is 0.192. The zero-order chi connectivity index (χ0) is 19.4. The molecule has 0 saturated carbocycles. The number of amides is 2. The first kappa shape index (κ1) is 20.2. The lowest BCUT2D eigenvalue weighted by atomic mass is 10.0. The van der Waals surface area contributed by atoms with Gasteiger partial charge in [-0.3, -0.25) is 19.4 Å². The standard InChI is InChI=1S/C18H30N6O2S/c1-4-23(5-2)16(25)7-6-14-10-19-18(26)17-15(22(14)3)8-9-24(17)11-13-12-27-21-20-13/h12,14-15,17H,4-11H2,1-3H3,(H,19,26)/t14-,15+,17-/m0/s1. The number of carbonyl (C=O) groups excluding carboxylic acids is 2. The van der Waals surface area contributed by atoms with Crippen LogP contribution in [0.1, 0.15) is 38.8 Å². The molecule has 3 rings (SSSR count).